The molecule has 1 saturated carbocycles. The molecule has 0 radical (unpaired) electrons. The quantitative estimate of drug-likeness (QED) is 0.850. The second kappa shape index (κ2) is 5.64. The van der Waals surface area contributed by atoms with E-state index in [0.717, 1.165) is 34.3 Å². The molecule has 1 amide bonds. The minimum atomic E-state index is 0.0797. The molecule has 1 aliphatic rings. The number of halogens is 1. The van der Waals surface area contributed by atoms with Crippen molar-refractivity contribution in [2.75, 3.05) is 0 Å². The molecule has 1 aromatic heterocycles. The van der Waals surface area contributed by atoms with Crippen molar-refractivity contribution in [3.05, 3.63) is 52.0 Å². The molecule has 0 N–H and O–H groups in total. The van der Waals surface area contributed by atoms with E-state index in [0.29, 0.717) is 12.6 Å². The highest BCUT2D eigenvalue weighted by molar-refractivity contribution is 9.10. The van der Waals surface area contributed by atoms with Gasteiger partial charge in [-0.2, -0.15) is 0 Å². The van der Waals surface area contributed by atoms with Crippen LogP contribution in [0.25, 0.3) is 0 Å². The van der Waals surface area contributed by atoms with E-state index in [-0.39, 0.29) is 5.91 Å². The van der Waals surface area contributed by atoms with Gasteiger partial charge in [-0.1, -0.05) is 12.1 Å². The summed E-state index contributed by atoms with van der Waals surface area (Å²) in [5.41, 5.74) is 1.81. The first kappa shape index (κ1) is 14.3. The average molecular weight is 348 g/mol. The highest BCUT2D eigenvalue weighted by Crippen LogP contribution is 2.31. The van der Waals surface area contributed by atoms with Gasteiger partial charge in [-0.05, 0) is 47.3 Å². The van der Waals surface area contributed by atoms with Crippen molar-refractivity contribution in [3.63, 3.8) is 0 Å². The standard InChI is InChI=1S/C16H18BrN3O/c1-11-4-3-5-13(15(11)17)16(21)20(12-6-7-12)10-14-18-8-9-19(14)2/h3-5,8-9,12H,6-7,10H2,1-2H3. The molecule has 110 valence electrons. The van der Waals surface area contributed by atoms with E-state index >= 15 is 0 Å². The van der Waals surface area contributed by atoms with Crippen LogP contribution in [0.4, 0.5) is 0 Å². The predicted molar refractivity (Wildman–Crippen MR) is 85.0 cm³/mol. The minimum absolute atomic E-state index is 0.0797. The number of rotatable bonds is 4. The lowest BCUT2D eigenvalue weighted by atomic mass is 10.1. The van der Waals surface area contributed by atoms with Crippen molar-refractivity contribution < 1.29 is 4.79 Å². The Labute approximate surface area is 132 Å². The van der Waals surface area contributed by atoms with Crippen LogP contribution in [0.1, 0.15) is 34.6 Å². The zero-order chi connectivity index (χ0) is 15.0. The number of aryl methyl sites for hydroxylation is 2. The lowest BCUT2D eigenvalue weighted by Crippen LogP contribution is -2.33. The fraction of sp³-hybridized carbons (Fsp3) is 0.375. The first-order valence-corrected chi connectivity index (χ1v) is 7.89. The number of hydrogen-bond donors (Lipinski definition) is 0. The zero-order valence-electron chi connectivity index (χ0n) is 12.2. The maximum atomic E-state index is 12.9. The molecule has 0 atom stereocenters. The Morgan fingerprint density at radius 2 is 2.24 bits per heavy atom. The Morgan fingerprint density at radius 1 is 1.48 bits per heavy atom. The van der Waals surface area contributed by atoms with Gasteiger partial charge < -0.3 is 9.47 Å². The molecule has 3 rings (SSSR count). The summed E-state index contributed by atoms with van der Waals surface area (Å²) in [6, 6.07) is 6.16. The summed E-state index contributed by atoms with van der Waals surface area (Å²) in [4.78, 5) is 19.2. The Hall–Kier alpha value is -1.62. The van der Waals surface area contributed by atoms with Crippen LogP contribution >= 0.6 is 15.9 Å². The van der Waals surface area contributed by atoms with Gasteiger partial charge in [0.25, 0.3) is 5.91 Å². The number of amides is 1. The SMILES string of the molecule is Cc1cccc(C(=O)N(Cc2nccn2C)C2CC2)c1Br. The summed E-state index contributed by atoms with van der Waals surface area (Å²) in [5, 5.41) is 0. The molecule has 1 fully saturated rings. The summed E-state index contributed by atoms with van der Waals surface area (Å²) in [6.45, 7) is 2.56. The molecule has 0 saturated heterocycles. The molecule has 2 aromatic rings. The van der Waals surface area contributed by atoms with Crippen molar-refractivity contribution in [1.82, 2.24) is 14.5 Å². The monoisotopic (exact) mass is 347 g/mol. The van der Waals surface area contributed by atoms with Gasteiger partial charge in [0.2, 0.25) is 0 Å². The van der Waals surface area contributed by atoms with Crippen molar-refractivity contribution >= 4 is 21.8 Å². The van der Waals surface area contributed by atoms with E-state index in [4.69, 9.17) is 0 Å². The fourth-order valence-electron chi connectivity index (χ4n) is 2.42. The highest BCUT2D eigenvalue weighted by Gasteiger charge is 2.34. The third kappa shape index (κ3) is 2.88. The summed E-state index contributed by atoms with van der Waals surface area (Å²) >= 11 is 3.54. The molecule has 0 bridgehead atoms. The molecule has 1 heterocycles. The van der Waals surface area contributed by atoms with Crippen LogP contribution in [0.5, 0.6) is 0 Å². The Balaban J connectivity index is 1.89. The second-order valence-corrected chi connectivity index (χ2v) is 6.35. The van der Waals surface area contributed by atoms with Crippen LogP contribution in [-0.2, 0) is 13.6 Å². The van der Waals surface area contributed by atoms with E-state index < -0.39 is 0 Å². The van der Waals surface area contributed by atoms with Gasteiger partial charge >= 0.3 is 0 Å². The molecular formula is C16H18BrN3O. The largest absolute Gasteiger partial charge is 0.337 e. The zero-order valence-corrected chi connectivity index (χ0v) is 13.8. The van der Waals surface area contributed by atoms with Gasteiger partial charge in [0, 0.05) is 30.0 Å². The van der Waals surface area contributed by atoms with E-state index in [1.807, 2.05) is 47.8 Å². The molecule has 21 heavy (non-hydrogen) atoms. The Kier molecular flexibility index (Phi) is 3.85. The van der Waals surface area contributed by atoms with Gasteiger partial charge in [-0.15, -0.1) is 0 Å². The third-order valence-corrected chi connectivity index (χ3v) is 4.96. The van der Waals surface area contributed by atoms with E-state index in [9.17, 15) is 4.79 Å². The number of aromatic nitrogens is 2. The van der Waals surface area contributed by atoms with Crippen LogP contribution in [0.15, 0.2) is 35.1 Å². The maximum absolute atomic E-state index is 12.9. The summed E-state index contributed by atoms with van der Waals surface area (Å²) < 4.78 is 2.86. The first-order valence-electron chi connectivity index (χ1n) is 7.10. The van der Waals surface area contributed by atoms with Crippen LogP contribution in [0.3, 0.4) is 0 Å². The van der Waals surface area contributed by atoms with Crippen LogP contribution in [0.2, 0.25) is 0 Å². The van der Waals surface area contributed by atoms with Gasteiger partial charge in [0.1, 0.15) is 5.82 Å². The Morgan fingerprint density at radius 3 is 2.86 bits per heavy atom. The average Bonchev–Trinajstić information content (AvgIpc) is 3.22. The predicted octanol–water partition coefficient (Wildman–Crippen LogP) is 3.30. The van der Waals surface area contributed by atoms with Crippen molar-refractivity contribution in [1.29, 1.82) is 0 Å². The number of hydrogen-bond acceptors (Lipinski definition) is 2. The normalized spacial score (nSPS) is 14.2. The summed E-state index contributed by atoms with van der Waals surface area (Å²) in [6.07, 6.45) is 5.85. The number of benzene rings is 1. The van der Waals surface area contributed by atoms with Gasteiger partial charge in [0.15, 0.2) is 0 Å². The highest BCUT2D eigenvalue weighted by atomic mass is 79.9. The van der Waals surface area contributed by atoms with Gasteiger partial charge in [-0.25, -0.2) is 4.98 Å². The fourth-order valence-corrected chi connectivity index (χ4v) is 2.86. The van der Waals surface area contributed by atoms with Crippen molar-refractivity contribution in [2.24, 2.45) is 7.05 Å². The van der Waals surface area contributed by atoms with E-state index in [1.165, 1.54) is 0 Å². The molecule has 0 spiro atoms. The van der Waals surface area contributed by atoms with Crippen LogP contribution in [0, 0.1) is 6.92 Å². The molecule has 1 aliphatic carbocycles. The molecule has 0 unspecified atom stereocenters. The smallest absolute Gasteiger partial charge is 0.255 e. The van der Waals surface area contributed by atoms with E-state index in [1.54, 1.807) is 6.20 Å². The molecule has 4 nitrogen and oxygen atoms in total. The number of nitrogens with zero attached hydrogens (tertiary/aromatic N) is 3. The third-order valence-electron chi connectivity index (χ3n) is 3.90. The lowest BCUT2D eigenvalue weighted by Gasteiger charge is -2.23. The van der Waals surface area contributed by atoms with Crippen molar-refractivity contribution in [2.45, 2.75) is 32.4 Å². The summed E-state index contributed by atoms with van der Waals surface area (Å²) in [5.74, 6) is 0.995. The van der Waals surface area contributed by atoms with Gasteiger partial charge in [0.05, 0.1) is 12.1 Å². The van der Waals surface area contributed by atoms with Crippen molar-refractivity contribution in [3.8, 4) is 0 Å². The molecule has 1 aromatic carbocycles. The number of carbonyl (C=O) groups excluding carboxylic acids is 1. The molecular weight excluding hydrogens is 330 g/mol. The Bertz CT molecular complexity index is 676. The molecule has 5 heteroatoms. The number of imidazole rings is 1. The van der Waals surface area contributed by atoms with E-state index in [2.05, 4.69) is 20.9 Å². The maximum Gasteiger partial charge on any atom is 0.255 e. The number of carbonyl (C=O) groups is 1. The minimum Gasteiger partial charge on any atom is -0.337 e. The van der Waals surface area contributed by atoms with Gasteiger partial charge in [-0.3, -0.25) is 4.79 Å². The summed E-state index contributed by atoms with van der Waals surface area (Å²) in [7, 11) is 1.96. The lowest BCUT2D eigenvalue weighted by molar-refractivity contribution is 0.0723. The first-order chi connectivity index (χ1) is 10.1. The van der Waals surface area contributed by atoms with Crippen LogP contribution < -0.4 is 0 Å². The topological polar surface area (TPSA) is 38.1 Å². The second-order valence-electron chi connectivity index (χ2n) is 5.56. The molecule has 0 aliphatic heterocycles. The van der Waals surface area contributed by atoms with Crippen LogP contribution in [-0.4, -0.2) is 26.4 Å².